The Morgan fingerprint density at radius 1 is 1.21 bits per heavy atom. The normalized spacial score (nSPS) is 11.3. The quantitative estimate of drug-likeness (QED) is 0.541. The average molecular weight is 323 g/mol. The molecule has 0 aliphatic carbocycles. The van der Waals surface area contributed by atoms with Crippen molar-refractivity contribution in [3.63, 3.8) is 0 Å². The summed E-state index contributed by atoms with van der Waals surface area (Å²) in [5, 5.41) is 8.24. The summed E-state index contributed by atoms with van der Waals surface area (Å²) in [6, 6.07) is 3.27. The first-order valence-electron chi connectivity index (χ1n) is 7.54. The van der Waals surface area contributed by atoms with Crippen LogP contribution in [0.3, 0.4) is 0 Å². The van der Waals surface area contributed by atoms with Crippen molar-refractivity contribution in [1.82, 2.24) is 34.3 Å². The molecule has 0 atom stereocenters. The molecular weight excluding hydrogens is 309 g/mol. The maximum absolute atomic E-state index is 13.9. The van der Waals surface area contributed by atoms with E-state index < -0.39 is 5.95 Å². The molecule has 24 heavy (non-hydrogen) atoms. The zero-order chi connectivity index (χ0) is 16.7. The Morgan fingerprint density at radius 2 is 2.08 bits per heavy atom. The minimum absolute atomic E-state index is 0.263. The van der Waals surface area contributed by atoms with Crippen LogP contribution in [-0.2, 0) is 6.42 Å². The Balaban J connectivity index is 1.82. The van der Waals surface area contributed by atoms with Gasteiger partial charge in [-0.15, -0.1) is 5.10 Å². The van der Waals surface area contributed by atoms with E-state index >= 15 is 0 Å². The monoisotopic (exact) mass is 323 g/mol. The van der Waals surface area contributed by atoms with Crippen molar-refractivity contribution in [1.29, 1.82) is 0 Å². The fourth-order valence-electron chi connectivity index (χ4n) is 2.59. The van der Waals surface area contributed by atoms with E-state index in [1.165, 1.54) is 10.9 Å². The molecule has 7 nitrogen and oxygen atoms in total. The summed E-state index contributed by atoms with van der Waals surface area (Å²) in [5.41, 5.74) is 3.37. The minimum atomic E-state index is -0.590. The molecule has 0 saturated carbocycles. The number of fused-ring (bicyclic) bond motifs is 1. The molecule has 120 valence electrons. The number of hydrogen-bond acceptors (Lipinski definition) is 5. The van der Waals surface area contributed by atoms with Crippen LogP contribution in [0.25, 0.3) is 22.7 Å². The number of rotatable bonds is 3. The molecule has 0 radical (unpaired) electrons. The van der Waals surface area contributed by atoms with Crippen LogP contribution in [0.4, 0.5) is 4.39 Å². The molecule has 0 amide bonds. The third kappa shape index (κ3) is 2.23. The number of aryl methyl sites for hydroxylation is 1. The molecule has 0 spiro atoms. The van der Waals surface area contributed by atoms with Crippen LogP contribution in [0.15, 0.2) is 36.9 Å². The van der Waals surface area contributed by atoms with E-state index in [1.807, 2.05) is 30.6 Å². The largest absolute Gasteiger partial charge is 0.290 e. The highest BCUT2D eigenvalue weighted by atomic mass is 19.1. The fraction of sp³-hybridized carbons (Fsp3) is 0.188. The van der Waals surface area contributed by atoms with Crippen LogP contribution < -0.4 is 0 Å². The molecule has 4 rings (SSSR count). The van der Waals surface area contributed by atoms with Crippen molar-refractivity contribution >= 4 is 5.78 Å². The van der Waals surface area contributed by atoms with Gasteiger partial charge in [0.2, 0.25) is 11.7 Å². The van der Waals surface area contributed by atoms with Gasteiger partial charge in [-0.2, -0.15) is 4.39 Å². The summed E-state index contributed by atoms with van der Waals surface area (Å²) in [4.78, 5) is 12.4. The maximum Gasteiger partial charge on any atom is 0.238 e. The highest BCUT2D eigenvalue weighted by Crippen LogP contribution is 2.23. The molecule has 8 heteroatoms. The van der Waals surface area contributed by atoms with Gasteiger partial charge in [-0.05, 0) is 25.5 Å². The lowest BCUT2D eigenvalue weighted by Gasteiger charge is -2.04. The smallest absolute Gasteiger partial charge is 0.238 e. The average Bonchev–Trinajstić information content (AvgIpc) is 3.18. The van der Waals surface area contributed by atoms with E-state index in [0.717, 1.165) is 17.7 Å². The lowest BCUT2D eigenvalue weighted by Crippen LogP contribution is -2.03. The summed E-state index contributed by atoms with van der Waals surface area (Å²) in [5.74, 6) is 0.0479. The first-order valence-corrected chi connectivity index (χ1v) is 7.54. The summed E-state index contributed by atoms with van der Waals surface area (Å²) < 4.78 is 17.2. The van der Waals surface area contributed by atoms with Crippen LogP contribution in [0, 0.1) is 12.9 Å². The van der Waals surface area contributed by atoms with Crippen LogP contribution >= 0.6 is 0 Å². The number of hydrogen-bond donors (Lipinski definition) is 0. The van der Waals surface area contributed by atoms with Crippen molar-refractivity contribution in [3.05, 3.63) is 54.3 Å². The number of halogens is 1. The standard InChI is InChI=1S/C16H14FN7/c1-3-12-9-23-8-11(7-19-16(23)20-12)14-10(2)24(22-21-14)13-5-4-6-18-15(13)17/h4-9H,3H2,1-2H3. The van der Waals surface area contributed by atoms with Gasteiger partial charge in [-0.3, -0.25) is 4.40 Å². The summed E-state index contributed by atoms with van der Waals surface area (Å²) in [7, 11) is 0. The van der Waals surface area contributed by atoms with Crippen LogP contribution in [0.5, 0.6) is 0 Å². The molecule has 0 bridgehead atoms. The topological polar surface area (TPSA) is 73.8 Å². The second kappa shape index (κ2) is 5.48. The molecule has 0 aliphatic rings. The van der Waals surface area contributed by atoms with Crippen molar-refractivity contribution in [3.8, 4) is 16.9 Å². The lowest BCUT2D eigenvalue weighted by atomic mass is 10.2. The van der Waals surface area contributed by atoms with Gasteiger partial charge in [0.1, 0.15) is 11.4 Å². The number of aromatic nitrogens is 7. The van der Waals surface area contributed by atoms with Crippen molar-refractivity contribution in [2.75, 3.05) is 0 Å². The van der Waals surface area contributed by atoms with E-state index in [4.69, 9.17) is 0 Å². The Labute approximate surface area is 136 Å². The van der Waals surface area contributed by atoms with Crippen molar-refractivity contribution < 1.29 is 4.39 Å². The molecule has 4 heterocycles. The Morgan fingerprint density at radius 3 is 2.88 bits per heavy atom. The van der Waals surface area contributed by atoms with E-state index in [0.29, 0.717) is 17.2 Å². The van der Waals surface area contributed by atoms with E-state index in [2.05, 4.69) is 25.3 Å². The van der Waals surface area contributed by atoms with Gasteiger partial charge in [-0.25, -0.2) is 19.6 Å². The van der Waals surface area contributed by atoms with E-state index in [9.17, 15) is 4.39 Å². The molecule has 4 aromatic rings. The van der Waals surface area contributed by atoms with Crippen LogP contribution in [-0.4, -0.2) is 34.3 Å². The minimum Gasteiger partial charge on any atom is -0.290 e. The summed E-state index contributed by atoms with van der Waals surface area (Å²) >= 11 is 0. The van der Waals surface area contributed by atoms with Gasteiger partial charge >= 0.3 is 0 Å². The Hall–Kier alpha value is -3.16. The predicted molar refractivity (Wildman–Crippen MR) is 85.2 cm³/mol. The highest BCUT2D eigenvalue weighted by molar-refractivity contribution is 5.61. The zero-order valence-corrected chi connectivity index (χ0v) is 13.2. The van der Waals surface area contributed by atoms with Crippen molar-refractivity contribution in [2.24, 2.45) is 0 Å². The predicted octanol–water partition coefficient (Wildman–Crippen LogP) is 2.38. The first kappa shape index (κ1) is 14.4. The van der Waals surface area contributed by atoms with Gasteiger partial charge in [-0.1, -0.05) is 12.1 Å². The fourth-order valence-corrected chi connectivity index (χ4v) is 2.59. The second-order valence-electron chi connectivity index (χ2n) is 5.38. The van der Waals surface area contributed by atoms with E-state index in [-0.39, 0.29) is 5.69 Å². The molecule has 0 N–H and O–H groups in total. The Bertz CT molecular complexity index is 1030. The van der Waals surface area contributed by atoms with Gasteiger partial charge < -0.3 is 0 Å². The SMILES string of the molecule is CCc1cn2cc(-c3nnn(-c4cccnc4F)c3C)cnc2n1. The molecule has 0 fully saturated rings. The third-order valence-electron chi connectivity index (χ3n) is 3.86. The summed E-state index contributed by atoms with van der Waals surface area (Å²) in [6.07, 6.45) is 7.77. The van der Waals surface area contributed by atoms with Gasteiger partial charge in [0.15, 0.2) is 0 Å². The first-order chi connectivity index (χ1) is 11.7. The zero-order valence-electron chi connectivity index (χ0n) is 13.2. The number of pyridine rings is 1. The van der Waals surface area contributed by atoms with Crippen molar-refractivity contribution in [2.45, 2.75) is 20.3 Å². The van der Waals surface area contributed by atoms with Crippen LogP contribution in [0.2, 0.25) is 0 Å². The van der Waals surface area contributed by atoms with Crippen LogP contribution in [0.1, 0.15) is 18.3 Å². The second-order valence-corrected chi connectivity index (χ2v) is 5.38. The molecule has 0 saturated heterocycles. The highest BCUT2D eigenvalue weighted by Gasteiger charge is 2.16. The Kier molecular flexibility index (Phi) is 3.30. The molecule has 4 aromatic heterocycles. The lowest BCUT2D eigenvalue weighted by molar-refractivity contribution is 0.564. The van der Waals surface area contributed by atoms with Gasteiger partial charge in [0.05, 0.1) is 11.4 Å². The maximum atomic E-state index is 13.9. The number of imidazole rings is 1. The molecule has 0 unspecified atom stereocenters. The third-order valence-corrected chi connectivity index (χ3v) is 3.86. The molecule has 0 aromatic carbocycles. The van der Waals surface area contributed by atoms with Gasteiger partial charge in [0, 0.05) is 30.4 Å². The van der Waals surface area contributed by atoms with Gasteiger partial charge in [0.25, 0.3) is 0 Å². The summed E-state index contributed by atoms with van der Waals surface area (Å²) in [6.45, 7) is 3.87. The molecule has 0 aliphatic heterocycles. The molecular formula is C16H14FN7. The van der Waals surface area contributed by atoms with E-state index in [1.54, 1.807) is 18.3 Å². The number of nitrogens with zero attached hydrogens (tertiary/aromatic N) is 7.